The van der Waals surface area contributed by atoms with Crippen LogP contribution >= 0.6 is 0 Å². The Balaban J connectivity index is 1.66. The lowest BCUT2D eigenvalue weighted by molar-refractivity contribution is 0.0995. The number of benzene rings is 1. The molecule has 0 bridgehead atoms. The SMILES string of the molecule is COc1cc(CN2CCN(c3cncc(C(N)=O)n3)CC2)cc(OC)c1OC. The number of anilines is 1. The van der Waals surface area contributed by atoms with Gasteiger partial charge in [-0.15, -0.1) is 0 Å². The Kier molecular flexibility index (Phi) is 6.15. The zero-order chi connectivity index (χ0) is 20.1. The molecule has 0 radical (unpaired) electrons. The van der Waals surface area contributed by atoms with Gasteiger partial charge >= 0.3 is 0 Å². The van der Waals surface area contributed by atoms with Crippen LogP contribution in [0, 0.1) is 0 Å². The van der Waals surface area contributed by atoms with E-state index in [0.717, 1.165) is 38.3 Å². The Labute approximate surface area is 164 Å². The van der Waals surface area contributed by atoms with Gasteiger partial charge in [0, 0.05) is 32.7 Å². The summed E-state index contributed by atoms with van der Waals surface area (Å²) in [5.41, 5.74) is 6.55. The van der Waals surface area contributed by atoms with Gasteiger partial charge in [0.1, 0.15) is 11.5 Å². The molecule has 0 aliphatic carbocycles. The second kappa shape index (κ2) is 8.75. The number of ether oxygens (including phenoxy) is 3. The smallest absolute Gasteiger partial charge is 0.268 e. The van der Waals surface area contributed by atoms with E-state index in [-0.39, 0.29) is 5.69 Å². The highest BCUT2D eigenvalue weighted by Crippen LogP contribution is 2.38. The number of primary amides is 1. The van der Waals surface area contributed by atoms with E-state index in [9.17, 15) is 4.79 Å². The highest BCUT2D eigenvalue weighted by atomic mass is 16.5. The minimum absolute atomic E-state index is 0.178. The molecule has 1 aromatic carbocycles. The molecule has 0 unspecified atom stereocenters. The molecular weight excluding hydrogens is 362 g/mol. The second-order valence-corrected chi connectivity index (χ2v) is 6.42. The third kappa shape index (κ3) is 4.25. The van der Waals surface area contributed by atoms with Gasteiger partial charge in [0.15, 0.2) is 11.5 Å². The molecule has 1 aromatic heterocycles. The predicted molar refractivity (Wildman–Crippen MR) is 104 cm³/mol. The molecule has 9 heteroatoms. The Hall–Kier alpha value is -3.07. The molecule has 1 amide bonds. The average Bonchev–Trinajstić information content (AvgIpc) is 2.73. The summed E-state index contributed by atoms with van der Waals surface area (Å²) in [5, 5.41) is 0. The van der Waals surface area contributed by atoms with Crippen molar-refractivity contribution in [3.63, 3.8) is 0 Å². The number of hydrogen-bond donors (Lipinski definition) is 1. The number of carbonyl (C=O) groups is 1. The topological polar surface area (TPSA) is 103 Å². The highest BCUT2D eigenvalue weighted by Gasteiger charge is 2.21. The van der Waals surface area contributed by atoms with Crippen LogP contribution in [0.25, 0.3) is 0 Å². The van der Waals surface area contributed by atoms with Crippen molar-refractivity contribution in [2.75, 3.05) is 52.4 Å². The number of carbonyl (C=O) groups excluding carboxylic acids is 1. The largest absolute Gasteiger partial charge is 0.493 e. The van der Waals surface area contributed by atoms with E-state index in [4.69, 9.17) is 19.9 Å². The zero-order valence-corrected chi connectivity index (χ0v) is 16.3. The first-order valence-electron chi connectivity index (χ1n) is 8.93. The van der Waals surface area contributed by atoms with Gasteiger partial charge in [-0.2, -0.15) is 0 Å². The molecule has 3 rings (SSSR count). The van der Waals surface area contributed by atoms with Crippen LogP contribution < -0.4 is 24.8 Å². The highest BCUT2D eigenvalue weighted by molar-refractivity contribution is 5.90. The Bertz CT molecular complexity index is 812. The molecule has 0 atom stereocenters. The molecule has 0 spiro atoms. The number of methoxy groups -OCH3 is 3. The maximum absolute atomic E-state index is 11.3. The van der Waals surface area contributed by atoms with Crippen LogP contribution in [0.2, 0.25) is 0 Å². The fourth-order valence-corrected chi connectivity index (χ4v) is 3.25. The summed E-state index contributed by atoms with van der Waals surface area (Å²) in [7, 11) is 4.82. The number of aromatic nitrogens is 2. The zero-order valence-electron chi connectivity index (χ0n) is 16.3. The van der Waals surface area contributed by atoms with Gasteiger partial charge in [-0.25, -0.2) is 4.98 Å². The third-order valence-electron chi connectivity index (χ3n) is 4.70. The van der Waals surface area contributed by atoms with Gasteiger partial charge in [0.25, 0.3) is 5.91 Å². The minimum Gasteiger partial charge on any atom is -0.493 e. The van der Waals surface area contributed by atoms with E-state index in [1.54, 1.807) is 27.5 Å². The van der Waals surface area contributed by atoms with Gasteiger partial charge in [-0.3, -0.25) is 14.7 Å². The molecule has 150 valence electrons. The van der Waals surface area contributed by atoms with Crippen molar-refractivity contribution in [1.82, 2.24) is 14.9 Å². The minimum atomic E-state index is -0.574. The number of rotatable bonds is 7. The van der Waals surface area contributed by atoms with Crippen molar-refractivity contribution in [2.45, 2.75) is 6.54 Å². The first kappa shape index (κ1) is 19.7. The van der Waals surface area contributed by atoms with Gasteiger partial charge in [-0.05, 0) is 17.7 Å². The Morgan fingerprint density at radius 3 is 2.21 bits per heavy atom. The summed E-state index contributed by atoms with van der Waals surface area (Å²) in [4.78, 5) is 24.1. The molecule has 1 saturated heterocycles. The number of amides is 1. The molecule has 0 saturated carbocycles. The standard InChI is InChI=1S/C19H25N5O4/c1-26-15-8-13(9-16(27-2)18(15)28-3)12-23-4-6-24(7-5-23)17-11-21-10-14(22-17)19(20)25/h8-11H,4-7,12H2,1-3H3,(H2,20,25). The van der Waals surface area contributed by atoms with Crippen molar-refractivity contribution in [2.24, 2.45) is 5.73 Å². The monoisotopic (exact) mass is 387 g/mol. The fourth-order valence-electron chi connectivity index (χ4n) is 3.25. The maximum Gasteiger partial charge on any atom is 0.268 e. The van der Waals surface area contributed by atoms with Crippen LogP contribution in [-0.4, -0.2) is 68.3 Å². The molecule has 9 nitrogen and oxygen atoms in total. The van der Waals surface area contributed by atoms with Gasteiger partial charge in [0.05, 0.1) is 33.7 Å². The molecular formula is C19H25N5O4. The summed E-state index contributed by atoms with van der Waals surface area (Å²) in [6.07, 6.45) is 3.04. The second-order valence-electron chi connectivity index (χ2n) is 6.42. The summed E-state index contributed by atoms with van der Waals surface area (Å²) >= 11 is 0. The predicted octanol–water partition coefficient (Wildman–Crippen LogP) is 0.924. The molecule has 1 aliphatic rings. The van der Waals surface area contributed by atoms with Crippen molar-refractivity contribution in [3.8, 4) is 17.2 Å². The van der Waals surface area contributed by atoms with E-state index in [2.05, 4.69) is 19.8 Å². The van der Waals surface area contributed by atoms with E-state index >= 15 is 0 Å². The lowest BCUT2D eigenvalue weighted by Crippen LogP contribution is -2.46. The van der Waals surface area contributed by atoms with Crippen LogP contribution in [0.15, 0.2) is 24.5 Å². The summed E-state index contributed by atoms with van der Waals surface area (Å²) in [6, 6.07) is 3.94. The van der Waals surface area contributed by atoms with E-state index in [1.807, 2.05) is 12.1 Å². The first-order chi connectivity index (χ1) is 13.5. The molecule has 1 fully saturated rings. The van der Waals surface area contributed by atoms with Gasteiger partial charge < -0.3 is 24.8 Å². The number of hydrogen-bond acceptors (Lipinski definition) is 8. The van der Waals surface area contributed by atoms with Crippen molar-refractivity contribution in [1.29, 1.82) is 0 Å². The molecule has 2 N–H and O–H groups in total. The molecule has 28 heavy (non-hydrogen) atoms. The van der Waals surface area contributed by atoms with Crippen LogP contribution in [0.3, 0.4) is 0 Å². The van der Waals surface area contributed by atoms with Crippen LogP contribution in [-0.2, 0) is 6.54 Å². The van der Waals surface area contributed by atoms with E-state index in [0.29, 0.717) is 23.1 Å². The Morgan fingerprint density at radius 1 is 1.04 bits per heavy atom. The van der Waals surface area contributed by atoms with Gasteiger partial charge in [0.2, 0.25) is 5.75 Å². The first-order valence-corrected chi connectivity index (χ1v) is 8.93. The summed E-state index contributed by atoms with van der Waals surface area (Å²) in [5.74, 6) is 1.98. The average molecular weight is 387 g/mol. The molecule has 1 aliphatic heterocycles. The summed E-state index contributed by atoms with van der Waals surface area (Å²) < 4.78 is 16.2. The third-order valence-corrected chi connectivity index (χ3v) is 4.70. The number of piperazine rings is 1. The quantitative estimate of drug-likeness (QED) is 0.748. The lowest BCUT2D eigenvalue weighted by atomic mass is 10.1. The fraction of sp³-hybridized carbons (Fsp3) is 0.421. The summed E-state index contributed by atoms with van der Waals surface area (Å²) in [6.45, 7) is 4.01. The van der Waals surface area contributed by atoms with Crippen molar-refractivity contribution >= 4 is 11.7 Å². The van der Waals surface area contributed by atoms with E-state index < -0.39 is 5.91 Å². The van der Waals surface area contributed by atoms with Crippen molar-refractivity contribution in [3.05, 3.63) is 35.8 Å². The van der Waals surface area contributed by atoms with Crippen LogP contribution in [0.4, 0.5) is 5.82 Å². The number of nitrogens with two attached hydrogens (primary N) is 1. The lowest BCUT2D eigenvalue weighted by Gasteiger charge is -2.35. The Morgan fingerprint density at radius 2 is 1.68 bits per heavy atom. The van der Waals surface area contributed by atoms with Crippen LogP contribution in [0.1, 0.15) is 16.1 Å². The van der Waals surface area contributed by atoms with Crippen molar-refractivity contribution < 1.29 is 19.0 Å². The van der Waals surface area contributed by atoms with Gasteiger partial charge in [-0.1, -0.05) is 0 Å². The molecule has 2 aromatic rings. The maximum atomic E-state index is 11.3. The van der Waals surface area contributed by atoms with E-state index in [1.165, 1.54) is 6.20 Å². The molecule has 2 heterocycles. The number of nitrogens with zero attached hydrogens (tertiary/aromatic N) is 4. The van der Waals surface area contributed by atoms with Crippen LogP contribution in [0.5, 0.6) is 17.2 Å². The normalized spacial score (nSPS) is 14.6.